The summed E-state index contributed by atoms with van der Waals surface area (Å²) in [5, 5.41) is 3.61. The van der Waals surface area contributed by atoms with Crippen LogP contribution in [0.15, 0.2) is 23.1 Å². The minimum absolute atomic E-state index is 0.205. The molecule has 1 saturated carbocycles. The number of hydrogen-bond donors (Lipinski definition) is 1. The van der Waals surface area contributed by atoms with Crippen molar-refractivity contribution in [2.24, 2.45) is 0 Å². The van der Waals surface area contributed by atoms with E-state index in [1.54, 1.807) is 6.07 Å². The minimum Gasteiger partial charge on any atom is -0.310 e. The van der Waals surface area contributed by atoms with Gasteiger partial charge < -0.3 is 5.32 Å². The van der Waals surface area contributed by atoms with E-state index in [4.69, 9.17) is 11.6 Å². The third kappa shape index (κ3) is 2.67. The van der Waals surface area contributed by atoms with Crippen LogP contribution in [0.1, 0.15) is 43.7 Å². The molecule has 0 spiro atoms. The van der Waals surface area contributed by atoms with Crippen molar-refractivity contribution >= 4 is 21.4 Å². The molecule has 1 aliphatic heterocycles. The molecule has 0 bridgehead atoms. The second kappa shape index (κ2) is 5.08. The molecule has 0 radical (unpaired) electrons. The number of rotatable bonds is 3. The van der Waals surface area contributed by atoms with Crippen molar-refractivity contribution in [3.63, 3.8) is 0 Å². The zero-order valence-electron chi connectivity index (χ0n) is 10.7. The van der Waals surface area contributed by atoms with Crippen LogP contribution in [-0.4, -0.2) is 20.2 Å². The fourth-order valence-corrected chi connectivity index (χ4v) is 4.87. The molecule has 1 aliphatic carbocycles. The molecule has 1 aromatic carbocycles. The molecule has 2 aliphatic rings. The highest BCUT2D eigenvalue weighted by Gasteiger charge is 2.38. The number of nitrogens with one attached hydrogen (secondary N) is 1. The van der Waals surface area contributed by atoms with E-state index in [1.807, 2.05) is 12.1 Å². The van der Waals surface area contributed by atoms with Crippen LogP contribution in [-0.2, 0) is 9.84 Å². The Morgan fingerprint density at radius 2 is 1.95 bits per heavy atom. The highest BCUT2D eigenvalue weighted by atomic mass is 35.5. The van der Waals surface area contributed by atoms with E-state index >= 15 is 0 Å². The molecular weight excluding hydrogens is 282 g/mol. The third-order valence-corrected chi connectivity index (χ3v) is 6.68. The fourth-order valence-electron chi connectivity index (χ4n) is 2.66. The largest absolute Gasteiger partial charge is 0.310 e. The first kappa shape index (κ1) is 13.4. The van der Waals surface area contributed by atoms with Gasteiger partial charge in [-0.25, -0.2) is 8.42 Å². The molecule has 0 amide bonds. The normalized spacial score (nSPS) is 24.4. The topological polar surface area (TPSA) is 46.2 Å². The van der Waals surface area contributed by atoms with Gasteiger partial charge in [0.2, 0.25) is 0 Å². The maximum absolute atomic E-state index is 12.2. The fraction of sp³-hybridized carbons (Fsp3) is 0.571. The predicted molar refractivity (Wildman–Crippen MR) is 76.3 cm³/mol. The molecule has 104 valence electrons. The smallest absolute Gasteiger partial charge is 0.182 e. The van der Waals surface area contributed by atoms with Crippen molar-refractivity contribution in [2.45, 2.75) is 48.3 Å². The van der Waals surface area contributed by atoms with Crippen LogP contribution in [0.4, 0.5) is 0 Å². The molecule has 5 heteroatoms. The van der Waals surface area contributed by atoms with Gasteiger partial charge in [0, 0.05) is 6.04 Å². The SMILES string of the molecule is O=S(=O)(c1ccc(C2CCCCN2)cc1Cl)C1CC1. The maximum Gasteiger partial charge on any atom is 0.182 e. The second-order valence-electron chi connectivity index (χ2n) is 5.44. The lowest BCUT2D eigenvalue weighted by molar-refractivity contribution is 0.412. The van der Waals surface area contributed by atoms with Gasteiger partial charge in [-0.15, -0.1) is 0 Å². The van der Waals surface area contributed by atoms with E-state index in [2.05, 4.69) is 5.32 Å². The lowest BCUT2D eigenvalue weighted by Gasteiger charge is -2.24. The molecule has 0 aromatic heterocycles. The number of sulfone groups is 1. The Bertz CT molecular complexity index is 575. The summed E-state index contributed by atoms with van der Waals surface area (Å²) in [6, 6.07) is 5.72. The van der Waals surface area contributed by atoms with Gasteiger partial charge in [0.05, 0.1) is 15.2 Å². The Balaban J connectivity index is 1.89. The van der Waals surface area contributed by atoms with Crippen molar-refractivity contribution < 1.29 is 8.42 Å². The highest BCUT2D eigenvalue weighted by molar-refractivity contribution is 7.92. The summed E-state index contributed by atoms with van der Waals surface area (Å²) < 4.78 is 24.4. The molecule has 1 aromatic rings. The number of halogens is 1. The summed E-state index contributed by atoms with van der Waals surface area (Å²) in [5.74, 6) is 0. The van der Waals surface area contributed by atoms with Crippen molar-refractivity contribution in [1.82, 2.24) is 5.32 Å². The van der Waals surface area contributed by atoms with Gasteiger partial charge in [-0.05, 0) is 49.9 Å². The van der Waals surface area contributed by atoms with Crippen LogP contribution in [0.25, 0.3) is 0 Å². The molecular formula is C14H18ClNO2S. The van der Waals surface area contributed by atoms with Crippen LogP contribution in [0.3, 0.4) is 0 Å². The Morgan fingerprint density at radius 3 is 2.53 bits per heavy atom. The zero-order valence-corrected chi connectivity index (χ0v) is 12.3. The predicted octanol–water partition coefficient (Wildman–Crippen LogP) is 3.09. The molecule has 1 unspecified atom stereocenters. The standard InChI is InChI=1S/C14H18ClNO2S/c15-12-9-10(13-3-1-2-8-16-13)4-7-14(12)19(17,18)11-5-6-11/h4,7,9,11,13,16H,1-3,5-6,8H2. The summed E-state index contributed by atoms with van der Waals surface area (Å²) in [4.78, 5) is 0.302. The zero-order chi connectivity index (χ0) is 13.5. The van der Waals surface area contributed by atoms with Gasteiger partial charge in [-0.1, -0.05) is 24.1 Å². The Morgan fingerprint density at radius 1 is 1.16 bits per heavy atom. The Kier molecular flexibility index (Phi) is 3.58. The number of piperidine rings is 1. The van der Waals surface area contributed by atoms with Crippen molar-refractivity contribution in [2.75, 3.05) is 6.54 Å². The molecule has 1 atom stereocenters. The van der Waals surface area contributed by atoms with Gasteiger partial charge in [-0.2, -0.15) is 0 Å². The van der Waals surface area contributed by atoms with Gasteiger partial charge in [0.15, 0.2) is 9.84 Å². The van der Waals surface area contributed by atoms with Crippen LogP contribution in [0.5, 0.6) is 0 Å². The average Bonchev–Trinajstić information content (AvgIpc) is 3.24. The molecule has 3 nitrogen and oxygen atoms in total. The van der Waals surface area contributed by atoms with E-state index in [1.165, 1.54) is 12.8 Å². The molecule has 1 saturated heterocycles. The Hall–Kier alpha value is -0.580. The minimum atomic E-state index is -3.20. The first-order chi connectivity index (χ1) is 9.09. The van der Waals surface area contributed by atoms with E-state index < -0.39 is 9.84 Å². The van der Waals surface area contributed by atoms with E-state index in [9.17, 15) is 8.42 Å². The lowest BCUT2D eigenvalue weighted by Crippen LogP contribution is -2.26. The van der Waals surface area contributed by atoms with Crippen LogP contribution < -0.4 is 5.32 Å². The van der Waals surface area contributed by atoms with Crippen LogP contribution >= 0.6 is 11.6 Å². The number of benzene rings is 1. The van der Waals surface area contributed by atoms with Gasteiger partial charge in [0.25, 0.3) is 0 Å². The molecule has 19 heavy (non-hydrogen) atoms. The lowest BCUT2D eigenvalue weighted by atomic mass is 9.98. The molecule has 2 fully saturated rings. The van der Waals surface area contributed by atoms with Crippen LogP contribution in [0.2, 0.25) is 5.02 Å². The average molecular weight is 300 g/mol. The highest BCUT2D eigenvalue weighted by Crippen LogP contribution is 2.37. The van der Waals surface area contributed by atoms with Crippen molar-refractivity contribution in [3.8, 4) is 0 Å². The summed E-state index contributed by atoms with van der Waals surface area (Å²) in [7, 11) is -3.20. The van der Waals surface area contributed by atoms with Crippen LogP contribution in [0, 0.1) is 0 Å². The summed E-state index contributed by atoms with van der Waals surface area (Å²) in [6.07, 6.45) is 5.04. The quantitative estimate of drug-likeness (QED) is 0.933. The van der Waals surface area contributed by atoms with Gasteiger partial charge in [-0.3, -0.25) is 0 Å². The van der Waals surface area contributed by atoms with E-state index in [0.29, 0.717) is 16.0 Å². The van der Waals surface area contributed by atoms with Gasteiger partial charge in [0.1, 0.15) is 0 Å². The summed E-state index contributed by atoms with van der Waals surface area (Å²) in [5.41, 5.74) is 1.10. The van der Waals surface area contributed by atoms with Crippen molar-refractivity contribution in [3.05, 3.63) is 28.8 Å². The third-order valence-electron chi connectivity index (χ3n) is 3.94. The monoisotopic (exact) mass is 299 g/mol. The summed E-state index contributed by atoms with van der Waals surface area (Å²) in [6.45, 7) is 1.02. The first-order valence-corrected chi connectivity index (χ1v) is 8.78. The maximum atomic E-state index is 12.2. The first-order valence-electron chi connectivity index (χ1n) is 6.86. The van der Waals surface area contributed by atoms with E-state index in [-0.39, 0.29) is 5.25 Å². The summed E-state index contributed by atoms with van der Waals surface area (Å²) >= 11 is 6.20. The molecule has 1 heterocycles. The van der Waals surface area contributed by atoms with Crippen molar-refractivity contribution in [1.29, 1.82) is 0 Å². The Labute approximate surface area is 119 Å². The number of hydrogen-bond acceptors (Lipinski definition) is 3. The van der Waals surface area contributed by atoms with Gasteiger partial charge >= 0.3 is 0 Å². The molecule has 1 N–H and O–H groups in total. The van der Waals surface area contributed by atoms with E-state index in [0.717, 1.165) is 31.4 Å². The second-order valence-corrected chi connectivity index (χ2v) is 8.04. The molecule has 3 rings (SSSR count).